The van der Waals surface area contributed by atoms with E-state index in [0.717, 1.165) is 31.9 Å². The van der Waals surface area contributed by atoms with Gasteiger partial charge in [-0.1, -0.05) is 24.3 Å². The van der Waals surface area contributed by atoms with Crippen LogP contribution in [0.3, 0.4) is 0 Å². The molecular weight excluding hydrogens is 316 g/mol. The van der Waals surface area contributed by atoms with Crippen molar-refractivity contribution in [2.24, 2.45) is 0 Å². The van der Waals surface area contributed by atoms with Gasteiger partial charge in [0.05, 0.1) is 7.11 Å². The molecule has 1 atom stereocenters. The maximum atomic E-state index is 10.3. The average molecular weight is 342 g/mol. The summed E-state index contributed by atoms with van der Waals surface area (Å²) in [7, 11) is 1.63. The highest BCUT2D eigenvalue weighted by Crippen LogP contribution is 2.19. The van der Waals surface area contributed by atoms with E-state index in [4.69, 9.17) is 9.47 Å². The van der Waals surface area contributed by atoms with Gasteiger partial charge in [0.1, 0.15) is 24.2 Å². The van der Waals surface area contributed by atoms with Crippen molar-refractivity contribution in [3.8, 4) is 11.5 Å². The minimum atomic E-state index is -0.505. The molecule has 1 heterocycles. The van der Waals surface area contributed by atoms with Crippen LogP contribution in [0.15, 0.2) is 54.6 Å². The van der Waals surface area contributed by atoms with Gasteiger partial charge in [-0.3, -0.25) is 4.90 Å². The van der Waals surface area contributed by atoms with Crippen LogP contribution in [-0.4, -0.2) is 62.6 Å². The van der Waals surface area contributed by atoms with Crippen LogP contribution in [0.1, 0.15) is 0 Å². The van der Waals surface area contributed by atoms with Crippen LogP contribution in [0.25, 0.3) is 0 Å². The Labute approximate surface area is 149 Å². The standard InChI is InChI=1S/C20H26N2O3/c1-24-19-8-5-9-20(14-19)25-16-18(23)15-21-10-12-22(13-11-21)17-6-3-2-4-7-17/h2-9,14,18,23H,10-13,15-16H2,1H3/t18-/m0/s1. The first-order chi connectivity index (χ1) is 12.2. The number of aliphatic hydroxyl groups is 1. The number of benzene rings is 2. The molecule has 0 spiro atoms. The lowest BCUT2D eigenvalue weighted by molar-refractivity contribution is 0.0662. The molecule has 1 saturated heterocycles. The summed E-state index contributed by atoms with van der Waals surface area (Å²) >= 11 is 0. The van der Waals surface area contributed by atoms with E-state index < -0.39 is 6.10 Å². The Hall–Kier alpha value is -2.24. The second-order valence-electron chi connectivity index (χ2n) is 6.27. The summed E-state index contributed by atoms with van der Waals surface area (Å²) in [5.41, 5.74) is 1.27. The van der Waals surface area contributed by atoms with Gasteiger partial charge in [0, 0.05) is 44.5 Å². The number of rotatable bonds is 7. The zero-order chi connectivity index (χ0) is 17.5. The molecule has 0 unspecified atom stereocenters. The number of piperazine rings is 1. The second kappa shape index (κ2) is 8.74. The highest BCUT2D eigenvalue weighted by atomic mass is 16.5. The van der Waals surface area contributed by atoms with Crippen molar-refractivity contribution in [2.45, 2.75) is 6.10 Å². The fourth-order valence-corrected chi connectivity index (χ4v) is 3.06. The van der Waals surface area contributed by atoms with Gasteiger partial charge in [0.2, 0.25) is 0 Å². The van der Waals surface area contributed by atoms with Crippen LogP contribution in [0.4, 0.5) is 5.69 Å². The zero-order valence-electron chi connectivity index (χ0n) is 14.7. The van der Waals surface area contributed by atoms with Crippen molar-refractivity contribution in [3.63, 3.8) is 0 Å². The van der Waals surface area contributed by atoms with Crippen LogP contribution < -0.4 is 14.4 Å². The van der Waals surface area contributed by atoms with Crippen molar-refractivity contribution in [1.29, 1.82) is 0 Å². The summed E-state index contributed by atoms with van der Waals surface area (Å²) in [4.78, 5) is 4.68. The quantitative estimate of drug-likeness (QED) is 0.836. The zero-order valence-corrected chi connectivity index (χ0v) is 14.7. The third kappa shape index (κ3) is 5.11. The Kier molecular flexibility index (Phi) is 6.14. The summed E-state index contributed by atoms with van der Waals surface area (Å²) in [6.07, 6.45) is -0.505. The predicted molar refractivity (Wildman–Crippen MR) is 99.6 cm³/mol. The van der Waals surface area contributed by atoms with Gasteiger partial charge in [0.25, 0.3) is 0 Å². The topological polar surface area (TPSA) is 45.2 Å². The number of methoxy groups -OCH3 is 1. The molecule has 2 aromatic carbocycles. The van der Waals surface area contributed by atoms with Gasteiger partial charge in [-0.25, -0.2) is 0 Å². The monoisotopic (exact) mass is 342 g/mol. The van der Waals surface area contributed by atoms with E-state index in [-0.39, 0.29) is 6.61 Å². The Morgan fingerprint density at radius 2 is 1.68 bits per heavy atom. The summed E-state index contributed by atoms with van der Waals surface area (Å²) in [6.45, 7) is 4.77. The second-order valence-corrected chi connectivity index (χ2v) is 6.27. The smallest absolute Gasteiger partial charge is 0.123 e. The molecule has 5 heteroatoms. The molecule has 0 saturated carbocycles. The molecule has 25 heavy (non-hydrogen) atoms. The number of aliphatic hydroxyl groups excluding tert-OH is 1. The van der Waals surface area contributed by atoms with Gasteiger partial charge in [-0.05, 0) is 24.3 Å². The van der Waals surface area contributed by atoms with Crippen molar-refractivity contribution in [3.05, 3.63) is 54.6 Å². The molecule has 1 aliphatic rings. The number of hydrogen-bond donors (Lipinski definition) is 1. The Bertz CT molecular complexity index is 642. The Balaban J connectivity index is 1.41. The maximum absolute atomic E-state index is 10.3. The third-order valence-corrected chi connectivity index (χ3v) is 4.45. The van der Waals surface area contributed by atoms with Crippen molar-refractivity contribution < 1.29 is 14.6 Å². The molecular formula is C20H26N2O3. The van der Waals surface area contributed by atoms with E-state index in [1.54, 1.807) is 7.11 Å². The van der Waals surface area contributed by atoms with Gasteiger partial charge in [-0.15, -0.1) is 0 Å². The van der Waals surface area contributed by atoms with Crippen molar-refractivity contribution >= 4 is 5.69 Å². The van der Waals surface area contributed by atoms with E-state index in [9.17, 15) is 5.11 Å². The van der Waals surface area contributed by atoms with Gasteiger partial charge >= 0.3 is 0 Å². The lowest BCUT2D eigenvalue weighted by atomic mass is 10.2. The summed E-state index contributed by atoms with van der Waals surface area (Å²) in [6, 6.07) is 17.9. The number of ether oxygens (including phenoxy) is 2. The molecule has 1 N–H and O–H groups in total. The molecule has 2 aromatic rings. The minimum absolute atomic E-state index is 0.284. The van der Waals surface area contributed by atoms with Crippen LogP contribution in [0.2, 0.25) is 0 Å². The molecule has 3 rings (SSSR count). The summed E-state index contributed by atoms with van der Waals surface area (Å²) in [5.74, 6) is 1.47. The number of para-hydroxylation sites is 1. The predicted octanol–water partition coefficient (Wildman–Crippen LogP) is 2.26. The lowest BCUT2D eigenvalue weighted by Crippen LogP contribution is -2.49. The van der Waals surface area contributed by atoms with Crippen LogP contribution in [0, 0.1) is 0 Å². The van der Waals surface area contributed by atoms with E-state index in [0.29, 0.717) is 12.3 Å². The SMILES string of the molecule is COc1cccc(OC[C@@H](O)CN2CCN(c3ccccc3)CC2)c1. The van der Waals surface area contributed by atoms with Crippen molar-refractivity contribution in [1.82, 2.24) is 4.90 Å². The van der Waals surface area contributed by atoms with E-state index >= 15 is 0 Å². The van der Waals surface area contributed by atoms with E-state index in [1.165, 1.54) is 5.69 Å². The lowest BCUT2D eigenvalue weighted by Gasteiger charge is -2.36. The molecule has 0 amide bonds. The maximum Gasteiger partial charge on any atom is 0.123 e. The van der Waals surface area contributed by atoms with Crippen LogP contribution >= 0.6 is 0 Å². The average Bonchev–Trinajstić information content (AvgIpc) is 2.68. The molecule has 1 aliphatic heterocycles. The van der Waals surface area contributed by atoms with Crippen LogP contribution in [0.5, 0.6) is 11.5 Å². The van der Waals surface area contributed by atoms with Crippen molar-refractivity contribution in [2.75, 3.05) is 51.3 Å². The molecule has 0 radical (unpaired) electrons. The molecule has 0 bridgehead atoms. The van der Waals surface area contributed by atoms with Gasteiger partial charge in [0.15, 0.2) is 0 Å². The fraction of sp³-hybridized carbons (Fsp3) is 0.400. The largest absolute Gasteiger partial charge is 0.497 e. The third-order valence-electron chi connectivity index (χ3n) is 4.45. The van der Waals surface area contributed by atoms with E-state index in [1.807, 2.05) is 30.3 Å². The number of hydrogen-bond acceptors (Lipinski definition) is 5. The number of anilines is 1. The first-order valence-corrected chi connectivity index (χ1v) is 8.72. The highest BCUT2D eigenvalue weighted by Gasteiger charge is 2.19. The van der Waals surface area contributed by atoms with Gasteiger partial charge in [-0.2, -0.15) is 0 Å². The molecule has 0 aliphatic carbocycles. The first-order valence-electron chi connectivity index (χ1n) is 8.72. The minimum Gasteiger partial charge on any atom is -0.497 e. The van der Waals surface area contributed by atoms with E-state index in [2.05, 4.69) is 34.1 Å². The molecule has 1 fully saturated rings. The Morgan fingerprint density at radius 3 is 2.40 bits per heavy atom. The molecule has 5 nitrogen and oxygen atoms in total. The highest BCUT2D eigenvalue weighted by molar-refractivity contribution is 5.46. The normalized spacial score (nSPS) is 16.5. The Morgan fingerprint density at radius 1 is 0.960 bits per heavy atom. The summed E-state index contributed by atoms with van der Waals surface area (Å²) < 4.78 is 10.8. The first kappa shape index (κ1) is 17.6. The molecule has 134 valence electrons. The fourth-order valence-electron chi connectivity index (χ4n) is 3.06. The van der Waals surface area contributed by atoms with Gasteiger partial charge < -0.3 is 19.5 Å². The summed E-state index contributed by atoms with van der Waals surface area (Å²) in [5, 5.41) is 10.3. The number of β-amino-alcohol motifs (C(OH)–C–C–N with tert-alkyl or cyclic N) is 1. The molecule has 0 aromatic heterocycles. The number of nitrogens with zero attached hydrogens (tertiary/aromatic N) is 2. The van der Waals surface area contributed by atoms with Crippen LogP contribution in [-0.2, 0) is 0 Å².